The summed E-state index contributed by atoms with van der Waals surface area (Å²) in [6.07, 6.45) is 0. The summed E-state index contributed by atoms with van der Waals surface area (Å²) < 4.78 is 13.7. The minimum atomic E-state index is 0.584. The summed E-state index contributed by atoms with van der Waals surface area (Å²) in [5.41, 5.74) is 14.4. The Bertz CT molecular complexity index is 4490. The summed E-state index contributed by atoms with van der Waals surface area (Å²) in [6, 6.07) is 81.6. The van der Waals surface area contributed by atoms with Crippen LogP contribution in [0.1, 0.15) is 0 Å². The van der Waals surface area contributed by atoms with Crippen molar-refractivity contribution in [2.24, 2.45) is 0 Å². The van der Waals surface area contributed by atoms with E-state index in [2.05, 4.69) is 184 Å². The number of aromatic nitrogens is 6. The van der Waals surface area contributed by atoms with Crippen LogP contribution >= 0.6 is 0 Å². The average Bonchev–Trinajstić information content (AvgIpc) is 4.18. The molecule has 0 aliphatic heterocycles. The highest BCUT2D eigenvalue weighted by Gasteiger charge is 2.24. The molecular weight excluding hydrogens is 857 g/mol. The molecule has 326 valence electrons. The van der Waals surface area contributed by atoms with E-state index in [9.17, 15) is 0 Å². The maximum Gasteiger partial charge on any atom is 0.164 e. The number of para-hydroxylation sites is 6. The van der Waals surface area contributed by atoms with Crippen LogP contribution < -0.4 is 0 Å². The van der Waals surface area contributed by atoms with Crippen LogP contribution in [0.15, 0.2) is 235 Å². The molecule has 0 aliphatic rings. The molecule has 0 bridgehead atoms. The first-order chi connectivity index (χ1) is 34.7. The van der Waals surface area contributed by atoms with Gasteiger partial charge in [0.2, 0.25) is 0 Å². The van der Waals surface area contributed by atoms with E-state index in [4.69, 9.17) is 19.4 Å². The quantitative estimate of drug-likeness (QED) is 0.167. The predicted octanol–water partition coefficient (Wildman–Crippen LogP) is 16.1. The van der Waals surface area contributed by atoms with E-state index < -0.39 is 0 Å². The van der Waals surface area contributed by atoms with Gasteiger partial charge in [-0.25, -0.2) is 15.0 Å². The molecule has 0 saturated heterocycles. The Balaban J connectivity index is 0.986. The van der Waals surface area contributed by atoms with Gasteiger partial charge < -0.3 is 18.1 Å². The molecule has 5 heterocycles. The van der Waals surface area contributed by atoms with Gasteiger partial charge in [-0.05, 0) is 78.9 Å². The number of rotatable bonds is 6. The fourth-order valence-corrected chi connectivity index (χ4v) is 11.1. The molecule has 0 saturated carbocycles. The van der Waals surface area contributed by atoms with Gasteiger partial charge in [-0.15, -0.1) is 0 Å². The zero-order chi connectivity index (χ0) is 45.9. The highest BCUT2D eigenvalue weighted by atomic mass is 16.3. The third kappa shape index (κ3) is 5.60. The number of fused-ring (bicyclic) bond motifs is 12. The van der Waals surface area contributed by atoms with Crippen molar-refractivity contribution in [3.8, 4) is 51.2 Å². The van der Waals surface area contributed by atoms with Gasteiger partial charge in [0.05, 0.1) is 44.5 Å². The third-order valence-corrected chi connectivity index (χ3v) is 14.1. The van der Waals surface area contributed by atoms with Crippen molar-refractivity contribution in [3.63, 3.8) is 0 Å². The number of hydrogen-bond acceptors (Lipinski definition) is 4. The zero-order valence-corrected chi connectivity index (χ0v) is 37.5. The van der Waals surface area contributed by atoms with Crippen molar-refractivity contribution in [2.45, 2.75) is 0 Å². The molecular formula is C63H38N6O. The van der Waals surface area contributed by atoms with E-state index in [-0.39, 0.29) is 0 Å². The molecule has 7 nitrogen and oxygen atoms in total. The van der Waals surface area contributed by atoms with Crippen molar-refractivity contribution in [3.05, 3.63) is 231 Å². The van der Waals surface area contributed by atoms with Gasteiger partial charge in [0.15, 0.2) is 17.5 Å². The summed E-state index contributed by atoms with van der Waals surface area (Å²) in [5, 5.41) is 9.23. The molecule has 0 spiro atoms. The van der Waals surface area contributed by atoms with Crippen LogP contribution in [-0.2, 0) is 0 Å². The number of hydrogen-bond donors (Lipinski definition) is 0. The number of nitrogens with zero attached hydrogens (tertiary/aromatic N) is 6. The van der Waals surface area contributed by atoms with Crippen LogP contribution in [0.25, 0.3) is 139 Å². The van der Waals surface area contributed by atoms with Crippen molar-refractivity contribution < 1.29 is 4.42 Å². The minimum Gasteiger partial charge on any atom is -0.456 e. The lowest BCUT2D eigenvalue weighted by atomic mass is 10.1. The van der Waals surface area contributed by atoms with Crippen LogP contribution in [0.2, 0.25) is 0 Å². The Kier molecular flexibility index (Phi) is 8.23. The standard InChI is InChI=1S/C63H38N6O/c1-2-17-39(18-3-1)61-64-62(66-63(65-61)48-25-15-34-57-58(48)46-23-8-13-33-56(46)70-57)40-35-37-41(38-36-40)67-53-30-16-31-54(68-49-26-9-4-19-42(49)43-20-5-10-27-50(43)68)59(53)47-24-14-32-55(60(47)67)69-51-28-11-6-21-44(51)45-22-7-12-29-52(45)69/h1-38H. The lowest BCUT2D eigenvalue weighted by molar-refractivity contribution is 0.669. The fourth-order valence-electron chi connectivity index (χ4n) is 11.1. The Hall–Kier alpha value is -9.59. The molecule has 15 aromatic rings. The maximum absolute atomic E-state index is 6.32. The SMILES string of the molecule is c1ccc(-c2nc(-c3ccc(-n4c5cccc(-n6c7ccccc7c7ccccc76)c5c5cccc(-n6c7ccccc7c7ccccc76)c54)cc3)nc(-c3cccc4oc5ccccc5c34)n2)cc1. The fraction of sp³-hybridized carbons (Fsp3) is 0. The molecule has 0 radical (unpaired) electrons. The van der Waals surface area contributed by atoms with Crippen LogP contribution in [0.5, 0.6) is 0 Å². The van der Waals surface area contributed by atoms with Crippen LogP contribution in [0.3, 0.4) is 0 Å². The molecule has 70 heavy (non-hydrogen) atoms. The van der Waals surface area contributed by atoms with Gasteiger partial charge in [0.1, 0.15) is 11.2 Å². The summed E-state index contributed by atoms with van der Waals surface area (Å²) in [7, 11) is 0. The van der Waals surface area contributed by atoms with E-state index in [1.807, 2.05) is 60.7 Å². The van der Waals surface area contributed by atoms with Crippen molar-refractivity contribution in [1.29, 1.82) is 0 Å². The van der Waals surface area contributed by atoms with Gasteiger partial charge in [-0.3, -0.25) is 0 Å². The maximum atomic E-state index is 6.32. The first kappa shape index (κ1) is 38.5. The highest BCUT2D eigenvalue weighted by Crippen LogP contribution is 2.44. The first-order valence-electron chi connectivity index (χ1n) is 23.6. The molecule has 5 aromatic heterocycles. The van der Waals surface area contributed by atoms with Crippen molar-refractivity contribution >= 4 is 87.4 Å². The molecule has 10 aromatic carbocycles. The monoisotopic (exact) mass is 894 g/mol. The van der Waals surface area contributed by atoms with Crippen molar-refractivity contribution in [2.75, 3.05) is 0 Å². The van der Waals surface area contributed by atoms with Gasteiger partial charge in [-0.1, -0.05) is 152 Å². The Labute approximate surface area is 400 Å². The predicted molar refractivity (Wildman–Crippen MR) is 286 cm³/mol. The lowest BCUT2D eigenvalue weighted by Crippen LogP contribution is -2.02. The van der Waals surface area contributed by atoms with Crippen LogP contribution in [-0.4, -0.2) is 28.7 Å². The third-order valence-electron chi connectivity index (χ3n) is 14.1. The Morgan fingerprint density at radius 1 is 0.286 bits per heavy atom. The highest BCUT2D eigenvalue weighted by molar-refractivity contribution is 6.19. The smallest absolute Gasteiger partial charge is 0.164 e. The van der Waals surface area contributed by atoms with Crippen molar-refractivity contribution in [1.82, 2.24) is 28.7 Å². The van der Waals surface area contributed by atoms with Gasteiger partial charge >= 0.3 is 0 Å². The van der Waals surface area contributed by atoms with Gasteiger partial charge in [0, 0.05) is 65.5 Å². The van der Waals surface area contributed by atoms with Gasteiger partial charge in [-0.2, -0.15) is 0 Å². The molecule has 7 heteroatoms. The number of benzene rings is 10. The second-order valence-corrected chi connectivity index (χ2v) is 17.9. The summed E-state index contributed by atoms with van der Waals surface area (Å²) in [5.74, 6) is 1.77. The second-order valence-electron chi connectivity index (χ2n) is 17.9. The summed E-state index contributed by atoms with van der Waals surface area (Å²) in [4.78, 5) is 15.5. The minimum absolute atomic E-state index is 0.584. The largest absolute Gasteiger partial charge is 0.456 e. The molecule has 0 aliphatic carbocycles. The van der Waals surface area contributed by atoms with E-state index in [0.717, 1.165) is 83.1 Å². The summed E-state index contributed by atoms with van der Waals surface area (Å²) in [6.45, 7) is 0. The normalized spacial score (nSPS) is 12.0. The van der Waals surface area contributed by atoms with E-state index in [1.165, 1.54) is 38.0 Å². The average molecular weight is 895 g/mol. The molecule has 0 fully saturated rings. The van der Waals surface area contributed by atoms with E-state index in [1.54, 1.807) is 0 Å². The van der Waals surface area contributed by atoms with E-state index >= 15 is 0 Å². The molecule has 15 rings (SSSR count). The second kappa shape index (κ2) is 15.0. The first-order valence-corrected chi connectivity index (χ1v) is 23.6. The van der Waals surface area contributed by atoms with E-state index in [0.29, 0.717) is 17.5 Å². The molecule has 0 N–H and O–H groups in total. The van der Waals surface area contributed by atoms with Gasteiger partial charge in [0.25, 0.3) is 0 Å². The zero-order valence-electron chi connectivity index (χ0n) is 37.5. The number of furan rings is 1. The van der Waals surface area contributed by atoms with Crippen LogP contribution in [0.4, 0.5) is 0 Å². The summed E-state index contributed by atoms with van der Waals surface area (Å²) >= 11 is 0. The lowest BCUT2D eigenvalue weighted by Gasteiger charge is -2.15. The Morgan fingerprint density at radius 2 is 0.743 bits per heavy atom. The Morgan fingerprint density at radius 3 is 1.39 bits per heavy atom. The topological polar surface area (TPSA) is 66.6 Å². The molecule has 0 atom stereocenters. The molecule has 0 unspecified atom stereocenters. The van der Waals surface area contributed by atoms with Crippen LogP contribution in [0, 0.1) is 0 Å². The molecule has 0 amide bonds.